The van der Waals surface area contributed by atoms with E-state index in [0.29, 0.717) is 30.8 Å². The van der Waals surface area contributed by atoms with E-state index in [4.69, 9.17) is 14.2 Å². The summed E-state index contributed by atoms with van der Waals surface area (Å²) in [5.41, 5.74) is 1.18. The van der Waals surface area contributed by atoms with Crippen LogP contribution in [0.2, 0.25) is 0 Å². The average Bonchev–Trinajstić information content (AvgIpc) is 3.41. The molecule has 0 spiro atoms. The van der Waals surface area contributed by atoms with Gasteiger partial charge in [0.2, 0.25) is 0 Å². The Balaban J connectivity index is 1.84. The van der Waals surface area contributed by atoms with Gasteiger partial charge < -0.3 is 19.5 Å². The molecule has 6 heteroatoms. The number of hydrogen-bond donors (Lipinski definition) is 1. The number of carbonyl (C=O) groups excluding carboxylic acids is 2. The summed E-state index contributed by atoms with van der Waals surface area (Å²) in [5.74, 6) is 0.454. The van der Waals surface area contributed by atoms with Gasteiger partial charge in [0.15, 0.2) is 12.2 Å². The van der Waals surface area contributed by atoms with Crippen LogP contribution < -0.4 is 10.1 Å². The fourth-order valence-corrected chi connectivity index (χ4v) is 3.16. The largest absolute Gasteiger partial charge is 0.425 e. The first kappa shape index (κ1) is 24.4. The highest BCUT2D eigenvalue weighted by atomic mass is 16.6. The lowest BCUT2D eigenvalue weighted by molar-refractivity contribution is -0.136. The minimum absolute atomic E-state index is 0.0245. The number of rotatable bonds is 10. The van der Waals surface area contributed by atoms with Gasteiger partial charge in [-0.25, -0.2) is 4.79 Å². The normalized spacial score (nSPS) is 19.6. The van der Waals surface area contributed by atoms with Crippen LogP contribution in [-0.4, -0.2) is 43.3 Å². The van der Waals surface area contributed by atoms with Gasteiger partial charge in [0.1, 0.15) is 5.75 Å². The Morgan fingerprint density at radius 1 is 1.00 bits per heavy atom. The number of benzene rings is 1. The molecule has 6 nitrogen and oxygen atoms in total. The molecule has 0 bridgehead atoms. The maximum atomic E-state index is 12.5. The summed E-state index contributed by atoms with van der Waals surface area (Å²) in [6, 6.07) is 7.30. The lowest BCUT2D eigenvalue weighted by atomic mass is 9.87. The summed E-state index contributed by atoms with van der Waals surface area (Å²) in [6.07, 6.45) is -0.860. The van der Waals surface area contributed by atoms with Crippen molar-refractivity contribution in [3.63, 3.8) is 0 Å². The third kappa shape index (κ3) is 7.73. The quantitative estimate of drug-likeness (QED) is 0.354. The van der Waals surface area contributed by atoms with Gasteiger partial charge in [-0.3, -0.25) is 4.79 Å². The van der Waals surface area contributed by atoms with E-state index in [-0.39, 0.29) is 17.4 Å². The van der Waals surface area contributed by atoms with Crippen molar-refractivity contribution in [1.82, 2.24) is 5.32 Å². The van der Waals surface area contributed by atoms with E-state index in [9.17, 15) is 9.59 Å². The van der Waals surface area contributed by atoms with Gasteiger partial charge in [-0.15, -0.1) is 0 Å². The lowest BCUT2D eigenvalue weighted by Crippen LogP contribution is -2.42. The Morgan fingerprint density at radius 3 is 2.17 bits per heavy atom. The van der Waals surface area contributed by atoms with Crippen molar-refractivity contribution in [2.75, 3.05) is 13.2 Å². The predicted octanol–water partition coefficient (Wildman–Crippen LogP) is 3.86. The summed E-state index contributed by atoms with van der Waals surface area (Å²) in [5, 5.41) is 2.96. The molecule has 0 aromatic heterocycles. The van der Waals surface area contributed by atoms with E-state index in [1.54, 1.807) is 12.1 Å². The minimum atomic E-state index is -0.858. The molecule has 0 unspecified atom stereocenters. The molecule has 1 aliphatic heterocycles. The van der Waals surface area contributed by atoms with Gasteiger partial charge in [0, 0.05) is 6.61 Å². The topological polar surface area (TPSA) is 77.2 Å². The van der Waals surface area contributed by atoms with Crippen molar-refractivity contribution in [3.8, 4) is 5.75 Å². The Labute approximate surface area is 180 Å². The summed E-state index contributed by atoms with van der Waals surface area (Å²) in [4.78, 5) is 24.8. The number of amides is 1. The number of carbonyl (C=O) groups is 2. The van der Waals surface area contributed by atoms with E-state index in [1.807, 2.05) is 12.1 Å². The highest BCUT2D eigenvalue weighted by Crippen LogP contribution is 2.27. The average molecular weight is 420 g/mol. The summed E-state index contributed by atoms with van der Waals surface area (Å²) in [7, 11) is 0. The van der Waals surface area contributed by atoms with Gasteiger partial charge >= 0.3 is 5.97 Å². The summed E-state index contributed by atoms with van der Waals surface area (Å²) in [6.45, 7) is 15.8. The molecule has 1 fully saturated rings. The summed E-state index contributed by atoms with van der Waals surface area (Å²) >= 11 is 0. The third-order valence-corrected chi connectivity index (χ3v) is 4.79. The van der Waals surface area contributed by atoms with Crippen LogP contribution in [0.15, 0.2) is 24.3 Å². The second-order valence-electron chi connectivity index (χ2n) is 9.94. The monoisotopic (exact) mass is 419 g/mol. The van der Waals surface area contributed by atoms with Gasteiger partial charge in [-0.2, -0.15) is 0 Å². The molecule has 30 heavy (non-hydrogen) atoms. The van der Waals surface area contributed by atoms with Gasteiger partial charge in [-0.05, 0) is 41.4 Å². The fourth-order valence-electron chi connectivity index (χ4n) is 3.16. The Hall–Kier alpha value is -1.92. The second-order valence-corrected chi connectivity index (χ2v) is 9.94. The zero-order chi connectivity index (χ0) is 22.5. The second kappa shape index (κ2) is 10.4. The van der Waals surface area contributed by atoms with Crippen LogP contribution in [0.25, 0.3) is 0 Å². The Morgan fingerprint density at radius 2 is 1.63 bits per heavy atom. The molecule has 0 radical (unpaired) electrons. The SMILES string of the molecule is CC(C)COC[C@H](CC(C)C)NC(=O)[C@H]1O[C@@H]1C(=O)Oc1ccc(C(C)(C)C)cc1. The number of nitrogens with one attached hydrogen (secondary N) is 1. The van der Waals surface area contributed by atoms with Crippen LogP contribution >= 0.6 is 0 Å². The van der Waals surface area contributed by atoms with Crippen LogP contribution in [0, 0.1) is 11.8 Å². The number of esters is 1. The molecule has 1 aliphatic rings. The molecule has 2 rings (SSSR count). The molecule has 1 N–H and O–H groups in total. The van der Waals surface area contributed by atoms with Gasteiger partial charge in [0.25, 0.3) is 5.91 Å². The van der Waals surface area contributed by atoms with E-state index >= 15 is 0 Å². The summed E-state index contributed by atoms with van der Waals surface area (Å²) < 4.78 is 16.4. The predicted molar refractivity (Wildman–Crippen MR) is 116 cm³/mol. The first-order chi connectivity index (χ1) is 14.0. The van der Waals surface area contributed by atoms with Crippen LogP contribution in [0.1, 0.15) is 60.5 Å². The van der Waals surface area contributed by atoms with Crippen LogP contribution in [0.3, 0.4) is 0 Å². The van der Waals surface area contributed by atoms with Crippen molar-refractivity contribution in [2.24, 2.45) is 11.8 Å². The van der Waals surface area contributed by atoms with Crippen molar-refractivity contribution >= 4 is 11.9 Å². The number of epoxide rings is 1. The van der Waals surface area contributed by atoms with Gasteiger partial charge in [-0.1, -0.05) is 60.6 Å². The first-order valence-corrected chi connectivity index (χ1v) is 10.8. The maximum absolute atomic E-state index is 12.5. The van der Waals surface area contributed by atoms with Crippen LogP contribution in [0.4, 0.5) is 0 Å². The standard InChI is InChI=1S/C24H37NO5/c1-15(2)12-18(14-28-13-16(3)4)25-22(26)20-21(30-20)23(27)29-19-10-8-17(9-11-19)24(5,6)7/h8-11,15-16,18,20-21H,12-14H2,1-7H3,(H,25,26)/t18-,20-,21-/m0/s1. The van der Waals surface area contributed by atoms with E-state index < -0.39 is 18.2 Å². The minimum Gasteiger partial charge on any atom is -0.425 e. The number of ether oxygens (including phenoxy) is 3. The Bertz CT molecular complexity index is 705. The molecule has 168 valence electrons. The molecule has 0 saturated carbocycles. The lowest BCUT2D eigenvalue weighted by Gasteiger charge is -2.21. The molecular formula is C24H37NO5. The third-order valence-electron chi connectivity index (χ3n) is 4.79. The molecule has 1 aromatic carbocycles. The molecule has 1 aromatic rings. The molecule has 1 heterocycles. The van der Waals surface area contributed by atoms with Crippen molar-refractivity contribution in [3.05, 3.63) is 29.8 Å². The highest BCUT2D eigenvalue weighted by Gasteiger charge is 2.52. The van der Waals surface area contributed by atoms with Crippen molar-refractivity contribution in [1.29, 1.82) is 0 Å². The van der Waals surface area contributed by atoms with Crippen molar-refractivity contribution in [2.45, 2.75) is 78.6 Å². The smallest absolute Gasteiger partial charge is 0.344 e. The zero-order valence-corrected chi connectivity index (χ0v) is 19.4. The fraction of sp³-hybridized carbons (Fsp3) is 0.667. The zero-order valence-electron chi connectivity index (χ0n) is 19.4. The van der Waals surface area contributed by atoms with E-state index in [0.717, 1.165) is 12.0 Å². The van der Waals surface area contributed by atoms with Crippen LogP contribution in [0.5, 0.6) is 5.75 Å². The van der Waals surface area contributed by atoms with E-state index in [2.05, 4.69) is 53.8 Å². The van der Waals surface area contributed by atoms with Crippen molar-refractivity contribution < 1.29 is 23.8 Å². The molecule has 0 aliphatic carbocycles. The molecular weight excluding hydrogens is 382 g/mol. The van der Waals surface area contributed by atoms with Crippen LogP contribution in [-0.2, 0) is 24.5 Å². The Kier molecular flexibility index (Phi) is 8.44. The highest BCUT2D eigenvalue weighted by molar-refractivity contribution is 5.93. The molecule has 1 saturated heterocycles. The van der Waals surface area contributed by atoms with Gasteiger partial charge in [0.05, 0.1) is 12.6 Å². The first-order valence-electron chi connectivity index (χ1n) is 10.8. The molecule has 1 amide bonds. The maximum Gasteiger partial charge on any atom is 0.344 e. The molecule has 3 atom stereocenters. The van der Waals surface area contributed by atoms with E-state index in [1.165, 1.54) is 0 Å². The number of hydrogen-bond acceptors (Lipinski definition) is 5.